The number of rotatable bonds is 6. The van der Waals surface area contributed by atoms with E-state index in [9.17, 15) is 4.79 Å². The number of fused-ring (bicyclic) bond motifs is 1. The molecule has 1 aliphatic heterocycles. The normalized spacial score (nSPS) is 18.4. The maximum Gasteiger partial charge on any atom is 0.272 e. The van der Waals surface area contributed by atoms with E-state index in [1.54, 1.807) is 0 Å². The van der Waals surface area contributed by atoms with Crippen molar-refractivity contribution in [2.75, 3.05) is 13.1 Å². The van der Waals surface area contributed by atoms with E-state index in [1.807, 2.05) is 18.3 Å². The lowest BCUT2D eigenvalue weighted by atomic mass is 9.93. The third-order valence-electron chi connectivity index (χ3n) is 5.73. The van der Waals surface area contributed by atoms with E-state index < -0.39 is 0 Å². The van der Waals surface area contributed by atoms with Gasteiger partial charge in [0, 0.05) is 30.7 Å². The minimum absolute atomic E-state index is 0.0942. The molecule has 1 aromatic heterocycles. The van der Waals surface area contributed by atoms with Gasteiger partial charge in [0.05, 0.1) is 11.2 Å². The van der Waals surface area contributed by atoms with Gasteiger partial charge >= 0.3 is 0 Å². The molecule has 2 N–H and O–H groups in total. The summed E-state index contributed by atoms with van der Waals surface area (Å²) in [6.45, 7) is 7.80. The molecule has 0 unspecified atom stereocenters. The topological polar surface area (TPSA) is 73.4 Å². The van der Waals surface area contributed by atoms with Gasteiger partial charge in [-0.3, -0.25) is 14.9 Å². The zero-order valence-electron chi connectivity index (χ0n) is 16.4. The van der Waals surface area contributed by atoms with Gasteiger partial charge in [-0.05, 0) is 75.1 Å². The molecule has 6 heteroatoms. The van der Waals surface area contributed by atoms with E-state index in [4.69, 9.17) is 0 Å². The second-order valence-electron chi connectivity index (χ2n) is 7.69. The number of aliphatic imine (C=N–C) groups is 1. The van der Waals surface area contributed by atoms with Crippen LogP contribution in [0.15, 0.2) is 41.2 Å². The van der Waals surface area contributed by atoms with Gasteiger partial charge in [-0.15, -0.1) is 0 Å². The Morgan fingerprint density at radius 3 is 2.79 bits per heavy atom. The Kier molecular flexibility index (Phi) is 5.28. The zero-order valence-corrected chi connectivity index (χ0v) is 16.4. The lowest BCUT2D eigenvalue weighted by Crippen LogP contribution is -2.39. The van der Waals surface area contributed by atoms with Crippen molar-refractivity contribution in [3.63, 3.8) is 0 Å². The third-order valence-corrected chi connectivity index (χ3v) is 5.73. The number of aromatic amines is 1. The van der Waals surface area contributed by atoms with E-state index >= 15 is 0 Å². The molecule has 0 bridgehead atoms. The van der Waals surface area contributed by atoms with Crippen LogP contribution in [-0.4, -0.2) is 46.9 Å². The summed E-state index contributed by atoms with van der Waals surface area (Å²) in [6.07, 6.45) is 9.70. The van der Waals surface area contributed by atoms with Crippen molar-refractivity contribution in [3.8, 4) is 0 Å². The number of allylic oxidation sites excluding steroid dienone is 2. The highest BCUT2D eigenvalue weighted by Gasteiger charge is 2.23. The first-order chi connectivity index (χ1) is 13.7. The summed E-state index contributed by atoms with van der Waals surface area (Å²) in [5.74, 6) is -0.0942. The van der Waals surface area contributed by atoms with Crippen LogP contribution in [0.1, 0.15) is 55.1 Å². The fourth-order valence-corrected chi connectivity index (χ4v) is 3.82. The largest absolute Gasteiger partial charge is 0.370 e. The number of aromatic nitrogens is 2. The van der Waals surface area contributed by atoms with E-state index in [2.05, 4.69) is 51.2 Å². The molecule has 0 radical (unpaired) electrons. The Balaban J connectivity index is 1.62. The Labute approximate surface area is 165 Å². The number of H-pyrrole nitrogens is 1. The molecular formula is C22H27N5O. The van der Waals surface area contributed by atoms with Crippen LogP contribution in [0.5, 0.6) is 0 Å². The number of hydrogen-bond acceptors (Lipinski definition) is 4. The second-order valence-corrected chi connectivity index (χ2v) is 7.69. The van der Waals surface area contributed by atoms with Crippen LogP contribution in [0, 0.1) is 0 Å². The molecule has 1 amide bonds. The average Bonchev–Trinajstić information content (AvgIpc) is 3.33. The number of nitrogens with zero attached hydrogens (tertiary/aromatic N) is 3. The summed E-state index contributed by atoms with van der Waals surface area (Å²) >= 11 is 0. The van der Waals surface area contributed by atoms with Gasteiger partial charge in [-0.1, -0.05) is 6.07 Å². The molecule has 0 atom stereocenters. The van der Waals surface area contributed by atoms with Crippen LogP contribution in [0.4, 0.5) is 0 Å². The first-order valence-corrected chi connectivity index (χ1v) is 10.0. The predicted octanol–water partition coefficient (Wildman–Crippen LogP) is 3.89. The van der Waals surface area contributed by atoms with E-state index in [0.29, 0.717) is 11.7 Å². The molecule has 1 aromatic carbocycles. The highest BCUT2D eigenvalue weighted by atomic mass is 16.2. The van der Waals surface area contributed by atoms with Crippen LogP contribution in [-0.2, 0) is 0 Å². The molecule has 1 saturated carbocycles. The van der Waals surface area contributed by atoms with Crippen molar-refractivity contribution >= 4 is 29.1 Å². The molecule has 0 spiro atoms. The van der Waals surface area contributed by atoms with Crippen molar-refractivity contribution in [1.82, 2.24) is 20.4 Å². The second kappa shape index (κ2) is 8.00. The molecular weight excluding hydrogens is 350 g/mol. The van der Waals surface area contributed by atoms with Gasteiger partial charge in [0.1, 0.15) is 0 Å². The maximum atomic E-state index is 12.6. The van der Waals surface area contributed by atoms with Crippen LogP contribution >= 0.6 is 0 Å². The van der Waals surface area contributed by atoms with E-state index in [1.165, 1.54) is 19.3 Å². The van der Waals surface area contributed by atoms with Crippen LogP contribution in [0.25, 0.3) is 16.5 Å². The predicted molar refractivity (Wildman–Crippen MR) is 113 cm³/mol. The Hall–Kier alpha value is -2.89. The fourth-order valence-electron chi connectivity index (χ4n) is 3.82. The van der Waals surface area contributed by atoms with Gasteiger partial charge in [0.25, 0.3) is 5.91 Å². The number of carbonyl (C=O) groups is 1. The molecule has 2 heterocycles. The maximum absolute atomic E-state index is 12.6. The lowest BCUT2D eigenvalue weighted by molar-refractivity contribution is 0.0913. The summed E-state index contributed by atoms with van der Waals surface area (Å²) in [4.78, 5) is 18.9. The van der Waals surface area contributed by atoms with Gasteiger partial charge in [-0.25, -0.2) is 0 Å². The van der Waals surface area contributed by atoms with Gasteiger partial charge < -0.3 is 10.2 Å². The SMILES string of the molecule is C=N/C=C(\C=C(/C)c1ccc2[nH]nc(C(=O)NC3CCC3)c2c1)N1CCCC1. The zero-order chi connectivity index (χ0) is 19.5. The summed E-state index contributed by atoms with van der Waals surface area (Å²) < 4.78 is 0. The Morgan fingerprint density at radius 2 is 2.11 bits per heavy atom. The van der Waals surface area contributed by atoms with E-state index in [-0.39, 0.29) is 5.91 Å². The summed E-state index contributed by atoms with van der Waals surface area (Å²) in [6, 6.07) is 6.38. The number of likely N-dealkylation sites (tertiary alicyclic amines) is 1. The van der Waals surface area contributed by atoms with Crippen molar-refractivity contribution in [2.45, 2.75) is 45.1 Å². The van der Waals surface area contributed by atoms with Crippen LogP contribution < -0.4 is 5.32 Å². The van der Waals surface area contributed by atoms with Crippen molar-refractivity contribution in [3.05, 3.63) is 47.4 Å². The summed E-state index contributed by atoms with van der Waals surface area (Å²) in [5.41, 5.74) is 4.62. The molecule has 6 nitrogen and oxygen atoms in total. The Morgan fingerprint density at radius 1 is 1.32 bits per heavy atom. The van der Waals surface area contributed by atoms with Crippen molar-refractivity contribution in [1.29, 1.82) is 0 Å². The minimum Gasteiger partial charge on any atom is -0.370 e. The molecule has 2 fully saturated rings. The molecule has 2 aromatic rings. The molecule has 146 valence electrons. The highest BCUT2D eigenvalue weighted by molar-refractivity contribution is 6.05. The Bertz CT molecular complexity index is 945. The monoisotopic (exact) mass is 377 g/mol. The van der Waals surface area contributed by atoms with Gasteiger partial charge in [-0.2, -0.15) is 5.10 Å². The smallest absolute Gasteiger partial charge is 0.272 e. The minimum atomic E-state index is -0.0942. The number of carbonyl (C=O) groups excluding carboxylic acids is 1. The van der Waals surface area contributed by atoms with Crippen molar-refractivity contribution < 1.29 is 4.79 Å². The standard InChI is InChI=1S/C22H27N5O/c1-15(12-18(14-23-2)27-10-3-4-11-27)16-8-9-20-19(13-16)21(26-25-20)22(28)24-17-6-5-7-17/h8-9,12-14,17H,2-7,10-11H2,1H3,(H,24,28)(H,25,26)/b15-12+,18-14+. The first-order valence-electron chi connectivity index (χ1n) is 10.0. The van der Waals surface area contributed by atoms with E-state index in [0.717, 1.165) is 53.7 Å². The van der Waals surface area contributed by atoms with Gasteiger partial charge in [0.15, 0.2) is 5.69 Å². The lowest BCUT2D eigenvalue weighted by Gasteiger charge is -2.25. The number of benzene rings is 1. The third kappa shape index (κ3) is 3.72. The van der Waals surface area contributed by atoms with Crippen LogP contribution in [0.2, 0.25) is 0 Å². The molecule has 1 aliphatic carbocycles. The molecule has 4 rings (SSSR count). The fraction of sp³-hybridized carbons (Fsp3) is 0.409. The van der Waals surface area contributed by atoms with Crippen LogP contribution in [0.3, 0.4) is 0 Å². The molecule has 1 saturated heterocycles. The van der Waals surface area contributed by atoms with Gasteiger partial charge in [0.2, 0.25) is 0 Å². The first kappa shape index (κ1) is 18.5. The number of amides is 1. The quantitative estimate of drug-likeness (QED) is 0.592. The number of nitrogens with one attached hydrogen (secondary N) is 2. The highest BCUT2D eigenvalue weighted by Crippen LogP contribution is 2.26. The molecule has 2 aliphatic rings. The number of hydrogen-bond donors (Lipinski definition) is 2. The summed E-state index contributed by atoms with van der Waals surface area (Å²) in [5, 5.41) is 11.2. The average molecular weight is 377 g/mol. The molecule has 28 heavy (non-hydrogen) atoms. The van der Waals surface area contributed by atoms with Crippen molar-refractivity contribution in [2.24, 2.45) is 4.99 Å². The summed E-state index contributed by atoms with van der Waals surface area (Å²) in [7, 11) is 0.